The lowest BCUT2D eigenvalue weighted by molar-refractivity contribution is 0.0714. The minimum atomic E-state index is -0.0612. The van der Waals surface area contributed by atoms with Crippen molar-refractivity contribution in [3.8, 4) is 0 Å². The van der Waals surface area contributed by atoms with Gasteiger partial charge in [-0.3, -0.25) is 9.78 Å². The number of carbonyl (C=O) groups excluding carboxylic acids is 1. The quantitative estimate of drug-likeness (QED) is 0.636. The van der Waals surface area contributed by atoms with Crippen LogP contribution in [0.3, 0.4) is 0 Å². The fourth-order valence-corrected chi connectivity index (χ4v) is 3.34. The van der Waals surface area contributed by atoms with E-state index in [1.165, 1.54) is 11.8 Å². The van der Waals surface area contributed by atoms with Gasteiger partial charge in [0.1, 0.15) is 5.82 Å². The zero-order chi connectivity index (χ0) is 20.1. The maximum atomic E-state index is 12.4. The minimum absolute atomic E-state index is 0.0612. The molecule has 8 nitrogen and oxygen atoms in total. The number of piperazine rings is 1. The van der Waals surface area contributed by atoms with Crippen LogP contribution in [0.5, 0.6) is 0 Å². The minimum Gasteiger partial charge on any atom is -0.459 e. The second-order valence-electron chi connectivity index (χ2n) is 7.00. The summed E-state index contributed by atoms with van der Waals surface area (Å²) in [6.45, 7) is 3.54. The first kappa shape index (κ1) is 18.9. The highest BCUT2D eigenvalue weighted by Crippen LogP contribution is 2.18. The monoisotopic (exact) mass is 392 g/mol. The maximum absolute atomic E-state index is 12.4. The molecule has 0 unspecified atom stereocenters. The van der Waals surface area contributed by atoms with Gasteiger partial charge in [0.25, 0.3) is 5.91 Å². The Morgan fingerprint density at radius 2 is 1.90 bits per heavy atom. The van der Waals surface area contributed by atoms with Crippen LogP contribution in [0.1, 0.15) is 16.1 Å². The number of amides is 1. The summed E-state index contributed by atoms with van der Waals surface area (Å²) in [4.78, 5) is 31.7. The number of hydrogen-bond donors (Lipinski definition) is 0. The fourth-order valence-electron chi connectivity index (χ4n) is 3.34. The number of hydrogen-bond acceptors (Lipinski definition) is 7. The first-order valence-electron chi connectivity index (χ1n) is 9.71. The van der Waals surface area contributed by atoms with E-state index < -0.39 is 0 Å². The van der Waals surface area contributed by atoms with Crippen molar-refractivity contribution >= 4 is 17.7 Å². The Balaban J connectivity index is 1.34. The highest BCUT2D eigenvalue weighted by Gasteiger charge is 2.24. The zero-order valence-electron chi connectivity index (χ0n) is 16.4. The summed E-state index contributed by atoms with van der Waals surface area (Å²) in [5.41, 5.74) is 1.24. The summed E-state index contributed by atoms with van der Waals surface area (Å²) in [5.74, 6) is 1.91. The zero-order valence-corrected chi connectivity index (χ0v) is 16.4. The number of aromatic nitrogens is 3. The van der Waals surface area contributed by atoms with Gasteiger partial charge in [0, 0.05) is 58.4 Å². The van der Waals surface area contributed by atoms with Crippen molar-refractivity contribution < 1.29 is 9.21 Å². The lowest BCUT2D eigenvalue weighted by Crippen LogP contribution is -2.49. The maximum Gasteiger partial charge on any atom is 0.289 e. The van der Waals surface area contributed by atoms with Crippen LogP contribution >= 0.6 is 0 Å². The lowest BCUT2D eigenvalue weighted by Gasteiger charge is -2.35. The molecule has 150 valence electrons. The first-order chi connectivity index (χ1) is 14.2. The summed E-state index contributed by atoms with van der Waals surface area (Å²) in [6, 6.07) is 9.40. The van der Waals surface area contributed by atoms with Gasteiger partial charge < -0.3 is 19.1 Å². The van der Waals surface area contributed by atoms with Crippen LogP contribution in [0.15, 0.2) is 59.6 Å². The molecule has 1 fully saturated rings. The third kappa shape index (κ3) is 4.53. The molecule has 4 rings (SSSR count). The van der Waals surface area contributed by atoms with Crippen LogP contribution in [-0.4, -0.2) is 65.5 Å². The van der Waals surface area contributed by atoms with Gasteiger partial charge in [-0.2, -0.15) is 4.98 Å². The molecular formula is C21H24N6O2. The number of likely N-dealkylation sites (N-methyl/N-ethyl adjacent to an activating group) is 1. The van der Waals surface area contributed by atoms with Crippen molar-refractivity contribution in [3.05, 3.63) is 66.5 Å². The standard InChI is InChI=1S/C21H24N6O2/c1-25(11-7-17-4-8-22-9-5-17)21-23-10-6-19(24-21)26-12-14-27(15-13-26)20(28)18-3-2-16-29-18/h2-6,8-10,16H,7,11-15H2,1H3. The molecular weight excluding hydrogens is 368 g/mol. The number of furan rings is 1. The van der Waals surface area contributed by atoms with Crippen LogP contribution in [0.4, 0.5) is 11.8 Å². The number of anilines is 2. The first-order valence-corrected chi connectivity index (χ1v) is 9.71. The molecule has 3 aromatic heterocycles. The topological polar surface area (TPSA) is 78.6 Å². The molecule has 1 aliphatic rings. The van der Waals surface area contributed by atoms with Crippen molar-refractivity contribution in [1.29, 1.82) is 0 Å². The molecule has 29 heavy (non-hydrogen) atoms. The fraction of sp³-hybridized carbons (Fsp3) is 0.333. The predicted molar refractivity (Wildman–Crippen MR) is 110 cm³/mol. The van der Waals surface area contributed by atoms with Gasteiger partial charge >= 0.3 is 0 Å². The Morgan fingerprint density at radius 3 is 2.62 bits per heavy atom. The van der Waals surface area contributed by atoms with Gasteiger partial charge in [-0.25, -0.2) is 4.98 Å². The van der Waals surface area contributed by atoms with Crippen molar-refractivity contribution in [2.24, 2.45) is 0 Å². The van der Waals surface area contributed by atoms with Crippen molar-refractivity contribution in [1.82, 2.24) is 19.9 Å². The van der Waals surface area contributed by atoms with Crippen LogP contribution < -0.4 is 9.80 Å². The third-order valence-electron chi connectivity index (χ3n) is 5.08. The van der Waals surface area contributed by atoms with E-state index in [1.807, 2.05) is 42.5 Å². The summed E-state index contributed by atoms with van der Waals surface area (Å²) in [7, 11) is 2.00. The Labute approximate surface area is 169 Å². The molecule has 0 bridgehead atoms. The Kier molecular flexibility index (Phi) is 5.69. The molecule has 1 amide bonds. The Bertz CT molecular complexity index is 923. The molecule has 3 aromatic rings. The lowest BCUT2D eigenvalue weighted by atomic mass is 10.2. The van der Waals surface area contributed by atoms with E-state index in [0.717, 1.165) is 31.9 Å². The van der Waals surface area contributed by atoms with E-state index >= 15 is 0 Å². The summed E-state index contributed by atoms with van der Waals surface area (Å²) < 4.78 is 5.22. The molecule has 1 saturated heterocycles. The normalized spacial score (nSPS) is 14.1. The van der Waals surface area contributed by atoms with Gasteiger partial charge in [0.05, 0.1) is 6.26 Å². The molecule has 0 radical (unpaired) electrons. The molecule has 1 aliphatic heterocycles. The van der Waals surface area contributed by atoms with Gasteiger partial charge in [-0.15, -0.1) is 0 Å². The number of carbonyl (C=O) groups is 1. The van der Waals surface area contributed by atoms with Gasteiger partial charge in [-0.05, 0) is 42.3 Å². The second-order valence-corrected chi connectivity index (χ2v) is 7.00. The Hall–Kier alpha value is -3.42. The van der Waals surface area contributed by atoms with E-state index in [0.29, 0.717) is 24.8 Å². The second kappa shape index (κ2) is 8.72. The van der Waals surface area contributed by atoms with Crippen LogP contribution in [-0.2, 0) is 6.42 Å². The molecule has 0 N–H and O–H groups in total. The molecule has 0 spiro atoms. The largest absolute Gasteiger partial charge is 0.459 e. The van der Waals surface area contributed by atoms with E-state index in [-0.39, 0.29) is 5.91 Å². The third-order valence-corrected chi connectivity index (χ3v) is 5.08. The highest BCUT2D eigenvalue weighted by molar-refractivity contribution is 5.91. The number of rotatable bonds is 6. The highest BCUT2D eigenvalue weighted by atomic mass is 16.3. The summed E-state index contributed by atoms with van der Waals surface area (Å²) >= 11 is 0. The van der Waals surface area contributed by atoms with Gasteiger partial charge in [-0.1, -0.05) is 0 Å². The average Bonchev–Trinajstić information content (AvgIpc) is 3.33. The van der Waals surface area contributed by atoms with E-state index in [2.05, 4.69) is 19.8 Å². The summed E-state index contributed by atoms with van der Waals surface area (Å²) in [6.07, 6.45) is 7.84. The van der Waals surface area contributed by atoms with Crippen LogP contribution in [0, 0.1) is 0 Å². The van der Waals surface area contributed by atoms with Crippen LogP contribution in [0.25, 0.3) is 0 Å². The summed E-state index contributed by atoms with van der Waals surface area (Å²) in [5, 5.41) is 0. The molecule has 0 aromatic carbocycles. The van der Waals surface area contributed by atoms with Crippen molar-refractivity contribution in [3.63, 3.8) is 0 Å². The molecule has 0 aliphatic carbocycles. The van der Waals surface area contributed by atoms with E-state index in [9.17, 15) is 4.79 Å². The molecule has 8 heteroatoms. The SMILES string of the molecule is CN(CCc1ccncc1)c1nccc(N2CCN(C(=O)c3ccco3)CC2)n1. The van der Waals surface area contributed by atoms with E-state index in [1.54, 1.807) is 18.3 Å². The number of nitrogens with zero attached hydrogens (tertiary/aromatic N) is 6. The predicted octanol–water partition coefficient (Wildman–Crippen LogP) is 2.11. The van der Waals surface area contributed by atoms with E-state index in [4.69, 9.17) is 9.40 Å². The van der Waals surface area contributed by atoms with Crippen LogP contribution in [0.2, 0.25) is 0 Å². The van der Waals surface area contributed by atoms with Gasteiger partial charge in [0.2, 0.25) is 5.95 Å². The van der Waals surface area contributed by atoms with Gasteiger partial charge in [0.15, 0.2) is 5.76 Å². The molecule has 4 heterocycles. The average molecular weight is 392 g/mol. The number of pyridine rings is 1. The van der Waals surface area contributed by atoms with Crippen molar-refractivity contribution in [2.75, 3.05) is 49.6 Å². The molecule has 0 atom stereocenters. The molecule has 0 saturated carbocycles. The van der Waals surface area contributed by atoms with Crippen molar-refractivity contribution in [2.45, 2.75) is 6.42 Å². The Morgan fingerprint density at radius 1 is 1.10 bits per heavy atom. The smallest absolute Gasteiger partial charge is 0.289 e.